The smallest absolute Gasteiger partial charge is 0.264 e. The summed E-state index contributed by atoms with van der Waals surface area (Å²) >= 11 is 0. The monoisotopic (exact) mass is 529 g/mol. The first-order valence-corrected chi connectivity index (χ1v) is 14.0. The molecule has 4 rings (SSSR count). The first-order valence-electron chi connectivity index (χ1n) is 11.2. The summed E-state index contributed by atoms with van der Waals surface area (Å²) < 4.78 is 59.0. The first kappa shape index (κ1) is 25.7. The van der Waals surface area contributed by atoms with Gasteiger partial charge in [0.2, 0.25) is 10.0 Å². The largest absolute Gasteiger partial charge is 0.484 e. The van der Waals surface area contributed by atoms with Gasteiger partial charge >= 0.3 is 0 Å². The molecule has 0 fully saturated rings. The quantitative estimate of drug-likeness (QED) is 0.480. The molecule has 1 heterocycles. The molecule has 1 amide bonds. The van der Waals surface area contributed by atoms with Gasteiger partial charge in [-0.2, -0.15) is 0 Å². The summed E-state index contributed by atoms with van der Waals surface area (Å²) in [5.41, 5.74) is 2.73. The zero-order valence-electron chi connectivity index (χ0n) is 20.1. The molecule has 3 aromatic carbocycles. The fraction of sp³-hybridized carbons (Fsp3) is 0.240. The number of carbonyl (C=O) groups is 1. The van der Waals surface area contributed by atoms with Crippen LogP contribution in [0.2, 0.25) is 0 Å². The van der Waals surface area contributed by atoms with Gasteiger partial charge in [0, 0.05) is 26.3 Å². The Morgan fingerprint density at radius 1 is 0.972 bits per heavy atom. The van der Waals surface area contributed by atoms with Crippen molar-refractivity contribution >= 4 is 37.3 Å². The Morgan fingerprint density at radius 3 is 2.33 bits per heavy atom. The highest BCUT2D eigenvalue weighted by Gasteiger charge is 2.30. The highest BCUT2D eigenvalue weighted by atomic mass is 32.2. The highest BCUT2D eigenvalue weighted by molar-refractivity contribution is 7.92. The van der Waals surface area contributed by atoms with Gasteiger partial charge in [-0.15, -0.1) is 0 Å². The zero-order valence-corrected chi connectivity index (χ0v) is 21.8. The number of carbonyl (C=O) groups excluding carboxylic acids is 1. The van der Waals surface area contributed by atoms with Gasteiger partial charge in [0.25, 0.3) is 15.9 Å². The first-order chi connectivity index (χ1) is 17.0. The minimum atomic E-state index is -3.72. The molecule has 36 heavy (non-hydrogen) atoms. The SMILES string of the molecule is Cc1ccc(S(=O)(=O)N(C)C)cc1NC(=O)COc1ccc(S(=O)(=O)N2CCc3ccccc32)cc1. The molecule has 190 valence electrons. The number of anilines is 2. The Labute approximate surface area is 211 Å². The molecule has 0 spiro atoms. The van der Waals surface area contributed by atoms with E-state index in [0.29, 0.717) is 35.7 Å². The van der Waals surface area contributed by atoms with E-state index < -0.39 is 26.0 Å². The van der Waals surface area contributed by atoms with Crippen molar-refractivity contribution in [3.8, 4) is 5.75 Å². The van der Waals surface area contributed by atoms with Crippen molar-refractivity contribution in [2.75, 3.05) is 36.9 Å². The molecule has 0 atom stereocenters. The van der Waals surface area contributed by atoms with Crippen molar-refractivity contribution in [1.29, 1.82) is 0 Å². The van der Waals surface area contributed by atoms with E-state index in [9.17, 15) is 21.6 Å². The predicted octanol–water partition coefficient (Wildman–Crippen LogP) is 3.01. The molecule has 1 aliphatic heterocycles. The van der Waals surface area contributed by atoms with Crippen LogP contribution >= 0.6 is 0 Å². The molecule has 9 nitrogen and oxygen atoms in total. The Bertz CT molecular complexity index is 1500. The number of rotatable bonds is 8. The van der Waals surface area contributed by atoms with Gasteiger partial charge in [-0.05, 0) is 66.9 Å². The number of hydrogen-bond acceptors (Lipinski definition) is 6. The number of sulfonamides is 2. The third-order valence-corrected chi connectivity index (χ3v) is 9.53. The average Bonchev–Trinajstić information content (AvgIpc) is 3.29. The summed E-state index contributed by atoms with van der Waals surface area (Å²) in [6.07, 6.45) is 0.662. The van der Waals surface area contributed by atoms with Crippen molar-refractivity contribution in [3.05, 3.63) is 77.9 Å². The minimum absolute atomic E-state index is 0.0618. The molecule has 0 unspecified atom stereocenters. The third-order valence-electron chi connectivity index (χ3n) is 5.89. The molecule has 0 aliphatic carbocycles. The van der Waals surface area contributed by atoms with Crippen LogP contribution in [0.1, 0.15) is 11.1 Å². The van der Waals surface area contributed by atoms with E-state index >= 15 is 0 Å². The lowest BCUT2D eigenvalue weighted by Crippen LogP contribution is -2.29. The standard InChI is InChI=1S/C25H27N3O6S2/c1-18-8-11-22(35(30,31)27(2)3)16-23(18)26-25(29)17-34-20-9-12-21(13-10-20)36(32,33)28-15-14-19-6-4-5-7-24(19)28/h4-13,16H,14-15,17H2,1-3H3,(H,26,29). The normalized spacial score (nSPS) is 13.5. The van der Waals surface area contributed by atoms with Gasteiger partial charge in [-0.3, -0.25) is 9.10 Å². The van der Waals surface area contributed by atoms with Crippen molar-refractivity contribution in [3.63, 3.8) is 0 Å². The van der Waals surface area contributed by atoms with Crippen LogP contribution in [-0.4, -0.2) is 54.3 Å². The summed E-state index contributed by atoms with van der Waals surface area (Å²) in [6, 6.07) is 17.8. The fourth-order valence-electron chi connectivity index (χ4n) is 3.83. The van der Waals surface area contributed by atoms with E-state index in [1.54, 1.807) is 19.1 Å². The van der Waals surface area contributed by atoms with E-state index in [2.05, 4.69) is 5.32 Å². The van der Waals surface area contributed by atoms with Gasteiger partial charge in [-0.1, -0.05) is 24.3 Å². The molecule has 3 aromatic rings. The number of fused-ring (bicyclic) bond motifs is 1. The van der Waals surface area contributed by atoms with Crippen molar-refractivity contribution in [2.24, 2.45) is 0 Å². The number of aryl methyl sites for hydroxylation is 1. The lowest BCUT2D eigenvalue weighted by Gasteiger charge is -2.19. The fourth-order valence-corrected chi connectivity index (χ4v) is 6.27. The topological polar surface area (TPSA) is 113 Å². The molecule has 0 radical (unpaired) electrons. The summed E-state index contributed by atoms with van der Waals surface area (Å²) in [6.45, 7) is 1.80. The van der Waals surface area contributed by atoms with E-state index in [1.807, 2.05) is 18.2 Å². The Hall–Kier alpha value is -3.41. The summed E-state index contributed by atoms with van der Waals surface area (Å²) in [5, 5.41) is 2.66. The second-order valence-corrected chi connectivity index (χ2v) is 12.5. The second-order valence-electron chi connectivity index (χ2n) is 8.53. The van der Waals surface area contributed by atoms with Gasteiger partial charge in [0.15, 0.2) is 6.61 Å². The number of hydrogen-bond donors (Lipinski definition) is 1. The molecular weight excluding hydrogens is 502 g/mol. The number of amides is 1. The zero-order chi connectivity index (χ0) is 26.1. The van der Waals surface area contributed by atoms with Gasteiger partial charge in [0.1, 0.15) is 5.75 Å². The van der Waals surface area contributed by atoms with Gasteiger partial charge in [-0.25, -0.2) is 21.1 Å². The van der Waals surface area contributed by atoms with Gasteiger partial charge in [0.05, 0.1) is 15.5 Å². The molecule has 0 bridgehead atoms. The maximum Gasteiger partial charge on any atom is 0.264 e. The van der Waals surface area contributed by atoms with E-state index in [4.69, 9.17) is 4.74 Å². The second kappa shape index (κ2) is 9.92. The van der Waals surface area contributed by atoms with Crippen LogP contribution in [-0.2, 0) is 31.3 Å². The third kappa shape index (κ3) is 5.08. The molecular formula is C25H27N3O6S2. The Morgan fingerprint density at radius 2 is 1.64 bits per heavy atom. The minimum Gasteiger partial charge on any atom is -0.484 e. The van der Waals surface area contributed by atoms with Crippen LogP contribution < -0.4 is 14.4 Å². The van der Waals surface area contributed by atoms with Crippen LogP contribution in [0.3, 0.4) is 0 Å². The van der Waals surface area contributed by atoms with Crippen molar-refractivity contribution in [2.45, 2.75) is 23.1 Å². The maximum atomic E-state index is 13.1. The predicted molar refractivity (Wildman–Crippen MR) is 137 cm³/mol. The van der Waals surface area contributed by atoms with Crippen LogP contribution in [0.25, 0.3) is 0 Å². The number of para-hydroxylation sites is 1. The number of nitrogens with one attached hydrogen (secondary N) is 1. The number of benzene rings is 3. The maximum absolute atomic E-state index is 13.1. The van der Waals surface area contributed by atoms with Gasteiger partial charge < -0.3 is 10.1 Å². The average molecular weight is 530 g/mol. The van der Waals surface area contributed by atoms with Crippen LogP contribution in [0, 0.1) is 6.92 Å². The van der Waals surface area contributed by atoms with Crippen LogP contribution in [0.4, 0.5) is 11.4 Å². The highest BCUT2D eigenvalue weighted by Crippen LogP contribution is 2.33. The molecule has 0 saturated heterocycles. The summed E-state index contributed by atoms with van der Waals surface area (Å²) in [5.74, 6) is -0.158. The lowest BCUT2D eigenvalue weighted by molar-refractivity contribution is -0.118. The Balaban J connectivity index is 1.41. The lowest BCUT2D eigenvalue weighted by atomic mass is 10.2. The number of nitrogens with zero attached hydrogens (tertiary/aromatic N) is 2. The molecule has 1 N–H and O–H groups in total. The van der Waals surface area contributed by atoms with E-state index in [0.717, 1.165) is 9.87 Å². The van der Waals surface area contributed by atoms with Crippen molar-refractivity contribution < 1.29 is 26.4 Å². The number of ether oxygens (including phenoxy) is 1. The molecule has 1 aliphatic rings. The van der Waals surface area contributed by atoms with E-state index in [-0.39, 0.29) is 16.4 Å². The Kier molecular flexibility index (Phi) is 7.07. The van der Waals surface area contributed by atoms with E-state index in [1.165, 1.54) is 54.8 Å². The molecule has 0 saturated carbocycles. The molecule has 11 heteroatoms. The van der Waals surface area contributed by atoms with Crippen LogP contribution in [0.5, 0.6) is 5.75 Å². The van der Waals surface area contributed by atoms with Crippen LogP contribution in [0.15, 0.2) is 76.5 Å². The summed E-state index contributed by atoms with van der Waals surface area (Å²) in [4.78, 5) is 12.6. The summed E-state index contributed by atoms with van der Waals surface area (Å²) in [7, 11) is -4.51. The molecule has 0 aromatic heterocycles. The van der Waals surface area contributed by atoms with Crippen molar-refractivity contribution in [1.82, 2.24) is 4.31 Å².